The molecule has 1 amide bonds. The van der Waals surface area contributed by atoms with E-state index >= 15 is 0 Å². The second-order valence-electron chi connectivity index (χ2n) is 5.96. The molecule has 1 atom stereocenters. The molecule has 2 rings (SSSR count). The Balaban J connectivity index is 1.68. The lowest BCUT2D eigenvalue weighted by molar-refractivity contribution is -0.123. The van der Waals surface area contributed by atoms with Crippen molar-refractivity contribution >= 4 is 5.91 Å². The molecule has 5 nitrogen and oxygen atoms in total. The van der Waals surface area contributed by atoms with Gasteiger partial charge in [0.1, 0.15) is 0 Å². The molecule has 0 aromatic rings. The number of nitrogens with zero attached hydrogens (tertiary/aromatic N) is 2. The Labute approximate surface area is 109 Å². The predicted molar refractivity (Wildman–Crippen MR) is 70.5 cm³/mol. The summed E-state index contributed by atoms with van der Waals surface area (Å²) in [6.07, 6.45) is 1.17. The van der Waals surface area contributed by atoms with E-state index in [2.05, 4.69) is 29.1 Å². The minimum atomic E-state index is 0.146. The Bertz CT molecular complexity index is 292. The molecule has 1 unspecified atom stereocenters. The van der Waals surface area contributed by atoms with E-state index in [1.807, 2.05) is 0 Å². The van der Waals surface area contributed by atoms with E-state index in [1.54, 1.807) is 0 Å². The summed E-state index contributed by atoms with van der Waals surface area (Å²) in [5.41, 5.74) is 0.245. The van der Waals surface area contributed by atoms with Crippen molar-refractivity contribution in [3.63, 3.8) is 0 Å². The molecular weight excluding hydrogens is 230 g/mol. The van der Waals surface area contributed by atoms with Gasteiger partial charge in [0.2, 0.25) is 5.91 Å². The number of morpholine rings is 1. The molecule has 2 saturated heterocycles. The van der Waals surface area contributed by atoms with Crippen LogP contribution in [-0.4, -0.2) is 75.2 Å². The molecule has 0 bridgehead atoms. The van der Waals surface area contributed by atoms with Crippen molar-refractivity contribution in [2.45, 2.75) is 13.3 Å². The lowest BCUT2D eigenvalue weighted by Gasteiger charge is -2.28. The number of carbonyl (C=O) groups excluding carboxylic acids is 1. The van der Waals surface area contributed by atoms with Crippen molar-refractivity contribution in [3.05, 3.63) is 0 Å². The van der Waals surface area contributed by atoms with Gasteiger partial charge in [0.05, 0.1) is 19.8 Å². The number of likely N-dealkylation sites (tertiary alicyclic amines) is 1. The van der Waals surface area contributed by atoms with Gasteiger partial charge in [-0.1, -0.05) is 6.92 Å². The second kappa shape index (κ2) is 5.99. The van der Waals surface area contributed by atoms with Crippen molar-refractivity contribution in [1.82, 2.24) is 15.1 Å². The third-order valence-electron chi connectivity index (χ3n) is 3.93. The van der Waals surface area contributed by atoms with Gasteiger partial charge < -0.3 is 15.0 Å². The highest BCUT2D eigenvalue weighted by atomic mass is 16.5. The van der Waals surface area contributed by atoms with Crippen LogP contribution in [0.4, 0.5) is 0 Å². The molecular formula is C13H25N3O2. The smallest absolute Gasteiger partial charge is 0.234 e. The maximum absolute atomic E-state index is 11.9. The zero-order valence-corrected chi connectivity index (χ0v) is 11.6. The maximum Gasteiger partial charge on any atom is 0.234 e. The average Bonchev–Trinajstić information content (AvgIpc) is 2.69. The van der Waals surface area contributed by atoms with Gasteiger partial charge in [-0.3, -0.25) is 9.69 Å². The SMILES string of the molecule is CN1CCC(C)(CNC(=O)CN2CCOCC2)C1. The van der Waals surface area contributed by atoms with Crippen LogP contribution >= 0.6 is 0 Å². The number of hydrogen-bond acceptors (Lipinski definition) is 4. The van der Waals surface area contributed by atoms with Gasteiger partial charge in [-0.2, -0.15) is 0 Å². The summed E-state index contributed by atoms with van der Waals surface area (Å²) in [5.74, 6) is 0.146. The van der Waals surface area contributed by atoms with Crippen LogP contribution in [0.15, 0.2) is 0 Å². The minimum Gasteiger partial charge on any atom is -0.379 e. The maximum atomic E-state index is 11.9. The van der Waals surface area contributed by atoms with Crippen molar-refractivity contribution in [2.75, 3.05) is 59.5 Å². The normalized spacial score (nSPS) is 30.6. The van der Waals surface area contributed by atoms with E-state index in [0.29, 0.717) is 6.54 Å². The lowest BCUT2D eigenvalue weighted by atomic mass is 9.90. The van der Waals surface area contributed by atoms with Crippen molar-refractivity contribution in [1.29, 1.82) is 0 Å². The van der Waals surface area contributed by atoms with Crippen LogP contribution in [0.5, 0.6) is 0 Å². The van der Waals surface area contributed by atoms with Crippen LogP contribution in [0.1, 0.15) is 13.3 Å². The molecule has 0 spiro atoms. The Morgan fingerprint density at radius 2 is 2.06 bits per heavy atom. The largest absolute Gasteiger partial charge is 0.379 e. The Morgan fingerprint density at radius 3 is 2.67 bits per heavy atom. The number of nitrogens with one attached hydrogen (secondary N) is 1. The van der Waals surface area contributed by atoms with Crippen LogP contribution < -0.4 is 5.32 Å². The fourth-order valence-corrected chi connectivity index (χ4v) is 2.75. The molecule has 1 N–H and O–H groups in total. The van der Waals surface area contributed by atoms with E-state index in [4.69, 9.17) is 4.74 Å². The number of amides is 1. The predicted octanol–water partition coefficient (Wildman–Crippen LogP) is -0.223. The van der Waals surface area contributed by atoms with Gasteiger partial charge in [0, 0.05) is 26.2 Å². The Morgan fingerprint density at radius 1 is 1.33 bits per heavy atom. The molecule has 2 heterocycles. The number of rotatable bonds is 4. The summed E-state index contributed by atoms with van der Waals surface area (Å²) in [6, 6.07) is 0. The number of carbonyl (C=O) groups is 1. The summed E-state index contributed by atoms with van der Waals surface area (Å²) in [5, 5.41) is 3.08. The topological polar surface area (TPSA) is 44.8 Å². The molecule has 2 fully saturated rings. The van der Waals surface area contributed by atoms with Crippen molar-refractivity contribution < 1.29 is 9.53 Å². The fourth-order valence-electron chi connectivity index (χ4n) is 2.75. The Kier molecular flexibility index (Phi) is 4.59. The van der Waals surface area contributed by atoms with Crippen LogP contribution in [-0.2, 0) is 9.53 Å². The van der Waals surface area contributed by atoms with E-state index in [0.717, 1.165) is 45.9 Å². The average molecular weight is 255 g/mol. The van der Waals surface area contributed by atoms with E-state index < -0.39 is 0 Å². The van der Waals surface area contributed by atoms with Crippen LogP contribution in [0, 0.1) is 5.41 Å². The molecule has 2 aliphatic rings. The Hall–Kier alpha value is -0.650. The summed E-state index contributed by atoms with van der Waals surface area (Å²) in [7, 11) is 2.14. The van der Waals surface area contributed by atoms with Gasteiger partial charge >= 0.3 is 0 Å². The molecule has 0 saturated carbocycles. The second-order valence-corrected chi connectivity index (χ2v) is 5.96. The molecule has 0 aliphatic carbocycles. The lowest BCUT2D eigenvalue weighted by Crippen LogP contribution is -2.45. The number of ether oxygens (including phenoxy) is 1. The van der Waals surface area contributed by atoms with E-state index in [9.17, 15) is 4.79 Å². The molecule has 2 aliphatic heterocycles. The van der Waals surface area contributed by atoms with Gasteiger partial charge in [-0.05, 0) is 25.4 Å². The van der Waals surface area contributed by atoms with Crippen molar-refractivity contribution in [2.24, 2.45) is 5.41 Å². The highest BCUT2D eigenvalue weighted by molar-refractivity contribution is 5.78. The summed E-state index contributed by atoms with van der Waals surface area (Å²) in [6.45, 7) is 8.99. The van der Waals surface area contributed by atoms with E-state index in [1.165, 1.54) is 6.42 Å². The van der Waals surface area contributed by atoms with Crippen LogP contribution in [0.25, 0.3) is 0 Å². The third-order valence-corrected chi connectivity index (χ3v) is 3.93. The first-order valence-electron chi connectivity index (χ1n) is 6.83. The minimum absolute atomic E-state index is 0.146. The summed E-state index contributed by atoms with van der Waals surface area (Å²) >= 11 is 0. The molecule has 5 heteroatoms. The quantitative estimate of drug-likeness (QED) is 0.754. The highest BCUT2D eigenvalue weighted by Gasteiger charge is 2.32. The highest BCUT2D eigenvalue weighted by Crippen LogP contribution is 2.27. The van der Waals surface area contributed by atoms with Gasteiger partial charge in [-0.15, -0.1) is 0 Å². The first kappa shape index (κ1) is 13.8. The van der Waals surface area contributed by atoms with E-state index in [-0.39, 0.29) is 11.3 Å². The third kappa shape index (κ3) is 3.93. The molecule has 0 aromatic carbocycles. The van der Waals surface area contributed by atoms with Gasteiger partial charge in [0.25, 0.3) is 0 Å². The number of hydrogen-bond donors (Lipinski definition) is 1. The molecule has 18 heavy (non-hydrogen) atoms. The molecule has 104 valence electrons. The van der Waals surface area contributed by atoms with Crippen LogP contribution in [0.2, 0.25) is 0 Å². The first-order chi connectivity index (χ1) is 8.57. The first-order valence-corrected chi connectivity index (χ1v) is 6.83. The van der Waals surface area contributed by atoms with Gasteiger partial charge in [0.15, 0.2) is 0 Å². The zero-order chi connectivity index (χ0) is 13.0. The standard InChI is InChI=1S/C13H25N3O2/c1-13(3-4-15(2)11-13)10-14-12(17)9-16-5-7-18-8-6-16/h3-11H2,1-2H3,(H,14,17). The summed E-state index contributed by atoms with van der Waals surface area (Å²) < 4.78 is 5.27. The van der Waals surface area contributed by atoms with Crippen molar-refractivity contribution in [3.8, 4) is 0 Å². The monoisotopic (exact) mass is 255 g/mol. The molecule has 0 radical (unpaired) electrons. The van der Waals surface area contributed by atoms with Crippen LogP contribution in [0.3, 0.4) is 0 Å². The fraction of sp³-hybridized carbons (Fsp3) is 0.923. The zero-order valence-electron chi connectivity index (χ0n) is 11.6. The molecule has 0 aromatic heterocycles. The van der Waals surface area contributed by atoms with Gasteiger partial charge in [-0.25, -0.2) is 0 Å². The summed E-state index contributed by atoms with van der Waals surface area (Å²) in [4.78, 5) is 16.4.